The molecule has 0 aliphatic heterocycles. The zero-order valence-electron chi connectivity index (χ0n) is 11.8. The third-order valence-electron chi connectivity index (χ3n) is 2.81. The highest BCUT2D eigenvalue weighted by Crippen LogP contribution is 2.19. The van der Waals surface area contributed by atoms with Gasteiger partial charge in [-0.25, -0.2) is 0 Å². The maximum absolute atomic E-state index is 12.2. The lowest BCUT2D eigenvalue weighted by atomic mass is 10.2. The molecule has 106 valence electrons. The van der Waals surface area contributed by atoms with Crippen LogP contribution in [0.5, 0.6) is 0 Å². The zero-order chi connectivity index (χ0) is 14.7. The second kappa shape index (κ2) is 5.77. The zero-order valence-corrected chi connectivity index (χ0v) is 11.8. The number of carbonyl (C=O) groups is 2. The van der Waals surface area contributed by atoms with Gasteiger partial charge < -0.3 is 14.6 Å². The molecule has 5 heteroatoms. The molecule has 0 radical (unpaired) electrons. The summed E-state index contributed by atoms with van der Waals surface area (Å²) in [4.78, 5) is 25.2. The second-order valence-electron chi connectivity index (χ2n) is 5.03. The monoisotopic (exact) mass is 274 g/mol. The molecule has 2 amide bonds. The van der Waals surface area contributed by atoms with E-state index in [9.17, 15) is 9.59 Å². The Balaban J connectivity index is 2.08. The van der Waals surface area contributed by atoms with E-state index in [4.69, 9.17) is 4.42 Å². The van der Waals surface area contributed by atoms with Crippen LogP contribution in [0.2, 0.25) is 0 Å². The summed E-state index contributed by atoms with van der Waals surface area (Å²) in [6.45, 7) is 3.76. The molecule has 0 atom stereocenters. The van der Waals surface area contributed by atoms with Crippen molar-refractivity contribution in [2.45, 2.75) is 19.9 Å². The van der Waals surface area contributed by atoms with Crippen LogP contribution in [0.15, 0.2) is 34.7 Å². The Bertz CT molecular complexity index is 598. The molecule has 0 aliphatic carbocycles. The molecule has 1 aromatic carbocycles. The number of carbonyl (C=O) groups excluding carboxylic acids is 2. The number of furan rings is 1. The Morgan fingerprint density at radius 2 is 2.00 bits per heavy atom. The highest BCUT2D eigenvalue weighted by atomic mass is 16.3. The van der Waals surface area contributed by atoms with E-state index in [2.05, 4.69) is 5.32 Å². The molecule has 5 nitrogen and oxygen atoms in total. The van der Waals surface area contributed by atoms with Crippen molar-refractivity contribution in [1.82, 2.24) is 10.2 Å². The number of hydrogen-bond donors (Lipinski definition) is 1. The van der Waals surface area contributed by atoms with E-state index >= 15 is 0 Å². The normalized spacial score (nSPS) is 10.8. The van der Waals surface area contributed by atoms with Gasteiger partial charge in [0.2, 0.25) is 5.91 Å². The lowest BCUT2D eigenvalue weighted by Crippen LogP contribution is -2.40. The number of para-hydroxylation sites is 1. The molecular formula is C15H18N2O3. The fourth-order valence-electron chi connectivity index (χ4n) is 1.93. The minimum Gasteiger partial charge on any atom is -0.451 e. The number of likely N-dealkylation sites (N-methyl/N-ethyl adjacent to an activating group) is 1. The van der Waals surface area contributed by atoms with Crippen LogP contribution in [0.25, 0.3) is 11.0 Å². The molecule has 1 heterocycles. The summed E-state index contributed by atoms with van der Waals surface area (Å²) in [5.41, 5.74) is 0.663. The van der Waals surface area contributed by atoms with E-state index < -0.39 is 0 Å². The second-order valence-corrected chi connectivity index (χ2v) is 5.03. The number of fused-ring (bicyclic) bond motifs is 1. The fraction of sp³-hybridized carbons (Fsp3) is 0.333. The van der Waals surface area contributed by atoms with Gasteiger partial charge in [-0.15, -0.1) is 0 Å². The Hall–Kier alpha value is -2.30. The molecule has 1 N–H and O–H groups in total. The van der Waals surface area contributed by atoms with Crippen molar-refractivity contribution in [2.75, 3.05) is 13.6 Å². The molecule has 0 unspecified atom stereocenters. The summed E-state index contributed by atoms with van der Waals surface area (Å²) in [6, 6.07) is 9.15. The van der Waals surface area contributed by atoms with E-state index in [1.807, 2.05) is 32.0 Å². The smallest absolute Gasteiger partial charge is 0.289 e. The third kappa shape index (κ3) is 3.17. The average Bonchev–Trinajstić information content (AvgIpc) is 2.80. The summed E-state index contributed by atoms with van der Waals surface area (Å²) in [7, 11) is 1.58. The van der Waals surface area contributed by atoms with Crippen LogP contribution in [-0.4, -0.2) is 36.3 Å². The lowest BCUT2D eigenvalue weighted by Gasteiger charge is -2.16. The van der Waals surface area contributed by atoms with E-state index in [0.29, 0.717) is 5.58 Å². The van der Waals surface area contributed by atoms with Gasteiger partial charge in [-0.2, -0.15) is 0 Å². The van der Waals surface area contributed by atoms with Crippen molar-refractivity contribution >= 4 is 22.8 Å². The van der Waals surface area contributed by atoms with Gasteiger partial charge in [0.15, 0.2) is 5.76 Å². The molecule has 2 aromatic rings. The van der Waals surface area contributed by atoms with Gasteiger partial charge in [-0.05, 0) is 26.0 Å². The topological polar surface area (TPSA) is 62.6 Å². The number of rotatable bonds is 4. The fourth-order valence-corrected chi connectivity index (χ4v) is 1.93. The summed E-state index contributed by atoms with van der Waals surface area (Å²) >= 11 is 0. The average molecular weight is 274 g/mol. The van der Waals surface area contributed by atoms with Crippen LogP contribution in [-0.2, 0) is 4.79 Å². The molecule has 2 rings (SSSR count). The summed E-state index contributed by atoms with van der Waals surface area (Å²) < 4.78 is 5.49. The van der Waals surface area contributed by atoms with Gasteiger partial charge in [0.05, 0.1) is 6.54 Å². The van der Waals surface area contributed by atoms with Crippen LogP contribution >= 0.6 is 0 Å². The first-order valence-corrected chi connectivity index (χ1v) is 6.51. The highest BCUT2D eigenvalue weighted by molar-refractivity contribution is 5.97. The molecule has 0 saturated carbocycles. The predicted octanol–water partition coefficient (Wildman–Crippen LogP) is 2.03. The number of nitrogens with one attached hydrogen (secondary N) is 1. The van der Waals surface area contributed by atoms with Gasteiger partial charge in [-0.1, -0.05) is 18.2 Å². The largest absolute Gasteiger partial charge is 0.451 e. The Labute approximate surface area is 117 Å². The van der Waals surface area contributed by atoms with Crippen LogP contribution in [0.1, 0.15) is 24.4 Å². The standard InChI is InChI=1S/C15H18N2O3/c1-10(2)16-14(18)9-17(3)15(19)13-8-11-6-4-5-7-12(11)20-13/h4-8,10H,9H2,1-3H3,(H,16,18). The van der Waals surface area contributed by atoms with Crippen LogP contribution in [0.4, 0.5) is 0 Å². The third-order valence-corrected chi connectivity index (χ3v) is 2.81. The van der Waals surface area contributed by atoms with Crippen molar-refractivity contribution in [3.05, 3.63) is 36.1 Å². The van der Waals surface area contributed by atoms with Crippen molar-refractivity contribution < 1.29 is 14.0 Å². The minimum absolute atomic E-state index is 0.00799. The maximum Gasteiger partial charge on any atom is 0.289 e. The highest BCUT2D eigenvalue weighted by Gasteiger charge is 2.19. The Morgan fingerprint density at radius 1 is 1.30 bits per heavy atom. The van der Waals surface area contributed by atoms with E-state index in [1.165, 1.54) is 4.90 Å². The van der Waals surface area contributed by atoms with Crippen molar-refractivity contribution in [2.24, 2.45) is 0 Å². The van der Waals surface area contributed by atoms with Crippen LogP contribution in [0.3, 0.4) is 0 Å². The maximum atomic E-state index is 12.2. The Morgan fingerprint density at radius 3 is 2.65 bits per heavy atom. The molecular weight excluding hydrogens is 256 g/mol. The van der Waals surface area contributed by atoms with Gasteiger partial charge in [0.25, 0.3) is 5.91 Å². The molecule has 0 spiro atoms. The van der Waals surface area contributed by atoms with E-state index in [-0.39, 0.29) is 30.2 Å². The molecule has 0 bridgehead atoms. The van der Waals surface area contributed by atoms with Gasteiger partial charge >= 0.3 is 0 Å². The minimum atomic E-state index is -0.305. The van der Waals surface area contributed by atoms with Crippen molar-refractivity contribution in [1.29, 1.82) is 0 Å². The number of amides is 2. The first-order valence-electron chi connectivity index (χ1n) is 6.51. The number of benzene rings is 1. The van der Waals surface area contributed by atoms with E-state index in [1.54, 1.807) is 19.2 Å². The van der Waals surface area contributed by atoms with Gasteiger partial charge in [0, 0.05) is 18.5 Å². The first kappa shape index (κ1) is 14.1. The lowest BCUT2D eigenvalue weighted by molar-refractivity contribution is -0.122. The molecule has 0 fully saturated rings. The molecule has 0 saturated heterocycles. The van der Waals surface area contributed by atoms with Crippen molar-refractivity contribution in [3.63, 3.8) is 0 Å². The predicted molar refractivity (Wildman–Crippen MR) is 76.5 cm³/mol. The van der Waals surface area contributed by atoms with Crippen LogP contribution < -0.4 is 5.32 Å². The molecule has 1 aromatic heterocycles. The molecule has 20 heavy (non-hydrogen) atoms. The Kier molecular flexibility index (Phi) is 4.08. The van der Waals surface area contributed by atoms with Crippen LogP contribution in [0, 0.1) is 0 Å². The first-order chi connectivity index (χ1) is 9.47. The molecule has 0 aliphatic rings. The van der Waals surface area contributed by atoms with Crippen molar-refractivity contribution in [3.8, 4) is 0 Å². The summed E-state index contributed by atoms with van der Waals surface area (Å²) in [5, 5.41) is 3.61. The summed E-state index contributed by atoms with van der Waals surface area (Å²) in [6.07, 6.45) is 0. The van der Waals surface area contributed by atoms with Gasteiger partial charge in [-0.3, -0.25) is 9.59 Å². The summed E-state index contributed by atoms with van der Waals surface area (Å²) in [5.74, 6) is -0.252. The SMILES string of the molecule is CC(C)NC(=O)CN(C)C(=O)c1cc2ccccc2o1. The quantitative estimate of drug-likeness (QED) is 0.928. The number of hydrogen-bond acceptors (Lipinski definition) is 3. The van der Waals surface area contributed by atoms with Gasteiger partial charge in [0.1, 0.15) is 5.58 Å². The number of nitrogens with zero attached hydrogens (tertiary/aromatic N) is 1. The van der Waals surface area contributed by atoms with E-state index in [0.717, 1.165) is 5.39 Å².